The highest BCUT2D eigenvalue weighted by atomic mass is 35.5. The molecule has 3 aliphatic rings. The molecular formula is C21H17ClF3NO3. The van der Waals surface area contributed by atoms with Crippen molar-refractivity contribution >= 4 is 23.3 Å². The van der Waals surface area contributed by atoms with Gasteiger partial charge >= 0.3 is 0 Å². The Morgan fingerprint density at radius 3 is 2.48 bits per heavy atom. The molecule has 2 aromatic carbocycles. The quantitative estimate of drug-likeness (QED) is 0.669. The summed E-state index contributed by atoms with van der Waals surface area (Å²) in [6, 6.07) is 7.46. The molecule has 3 fully saturated rings. The first-order valence-electron chi connectivity index (χ1n) is 9.07. The molecule has 0 radical (unpaired) electrons. The number of ether oxygens (including phenoxy) is 1. The number of hydrogen-bond donors (Lipinski definition) is 1. The summed E-state index contributed by atoms with van der Waals surface area (Å²) in [6.07, 6.45) is 1.92. The molecule has 0 atom stereocenters. The van der Waals surface area contributed by atoms with E-state index in [4.69, 9.17) is 16.3 Å². The van der Waals surface area contributed by atoms with Crippen molar-refractivity contribution in [2.24, 2.45) is 5.41 Å². The molecule has 3 saturated carbocycles. The molecular weight excluding hydrogens is 407 g/mol. The first-order chi connectivity index (χ1) is 13.7. The summed E-state index contributed by atoms with van der Waals surface area (Å²) >= 11 is 5.59. The molecule has 0 aromatic heterocycles. The van der Waals surface area contributed by atoms with Crippen molar-refractivity contribution in [3.8, 4) is 5.75 Å². The highest BCUT2D eigenvalue weighted by molar-refractivity contribution is 6.30. The molecule has 3 aliphatic carbocycles. The number of halogens is 4. The zero-order valence-electron chi connectivity index (χ0n) is 15.2. The van der Waals surface area contributed by atoms with Crippen LogP contribution < -0.4 is 10.1 Å². The standard InChI is InChI=1S/C21H17ClF3NO3/c22-14-5-4-12(6-16(14)24)29-8-18(28)26-21-9-20(10-21,11-21)7-17(27)13-2-1-3-15(23)19(13)25/h1-6H,7-11H2,(H,26,28). The van der Waals surface area contributed by atoms with Crippen LogP contribution in [-0.2, 0) is 4.79 Å². The number of carbonyl (C=O) groups is 2. The lowest BCUT2D eigenvalue weighted by molar-refractivity contribution is -0.164. The largest absolute Gasteiger partial charge is 0.484 e. The van der Waals surface area contributed by atoms with Gasteiger partial charge in [0.2, 0.25) is 0 Å². The predicted molar refractivity (Wildman–Crippen MR) is 99.4 cm³/mol. The zero-order chi connectivity index (χ0) is 20.8. The molecule has 1 N–H and O–H groups in total. The minimum atomic E-state index is -1.12. The smallest absolute Gasteiger partial charge is 0.258 e. The molecule has 0 aliphatic heterocycles. The molecule has 0 spiro atoms. The SMILES string of the molecule is O=C(COc1ccc(Cl)c(F)c1)NC12CC(CC(=O)c3cccc(F)c3F)(C1)C2. The maximum Gasteiger partial charge on any atom is 0.258 e. The van der Waals surface area contributed by atoms with Crippen LogP contribution in [0.5, 0.6) is 5.75 Å². The summed E-state index contributed by atoms with van der Waals surface area (Å²) in [4.78, 5) is 24.5. The second kappa shape index (κ2) is 7.06. The van der Waals surface area contributed by atoms with Crippen LogP contribution in [0.4, 0.5) is 13.2 Å². The molecule has 0 heterocycles. The van der Waals surface area contributed by atoms with Crippen LogP contribution in [-0.4, -0.2) is 23.8 Å². The summed E-state index contributed by atoms with van der Waals surface area (Å²) in [5.41, 5.74) is -0.896. The van der Waals surface area contributed by atoms with Crippen LogP contribution in [0.15, 0.2) is 36.4 Å². The van der Waals surface area contributed by atoms with Crippen LogP contribution in [0.3, 0.4) is 0 Å². The van der Waals surface area contributed by atoms with Crippen LogP contribution in [0, 0.1) is 22.9 Å². The van der Waals surface area contributed by atoms with Gasteiger partial charge in [-0.05, 0) is 48.9 Å². The van der Waals surface area contributed by atoms with Gasteiger partial charge in [0.1, 0.15) is 11.6 Å². The van der Waals surface area contributed by atoms with Crippen LogP contribution in [0.2, 0.25) is 5.02 Å². The van der Waals surface area contributed by atoms with Crippen molar-refractivity contribution in [3.63, 3.8) is 0 Å². The Kier molecular flexibility index (Phi) is 4.81. The van der Waals surface area contributed by atoms with Crippen LogP contribution in [0.25, 0.3) is 0 Å². The van der Waals surface area contributed by atoms with Crippen molar-refractivity contribution in [1.82, 2.24) is 5.32 Å². The van der Waals surface area contributed by atoms with E-state index in [0.29, 0.717) is 19.3 Å². The third-order valence-electron chi connectivity index (χ3n) is 5.59. The van der Waals surface area contributed by atoms with Crippen molar-refractivity contribution < 1.29 is 27.5 Å². The lowest BCUT2D eigenvalue weighted by Gasteiger charge is -2.70. The van der Waals surface area contributed by atoms with Crippen molar-refractivity contribution in [2.75, 3.05) is 6.61 Å². The second-order valence-corrected chi connectivity index (χ2v) is 8.33. The van der Waals surface area contributed by atoms with E-state index in [9.17, 15) is 22.8 Å². The Morgan fingerprint density at radius 1 is 1.07 bits per heavy atom. The first kappa shape index (κ1) is 19.8. The first-order valence-corrected chi connectivity index (χ1v) is 9.45. The number of carbonyl (C=O) groups excluding carboxylic acids is 2. The number of Topliss-reactive ketones (excluding diaryl/α,β-unsaturated/α-hetero) is 1. The Labute approximate surface area is 170 Å². The number of ketones is 1. The minimum absolute atomic E-state index is 0.0337. The summed E-state index contributed by atoms with van der Waals surface area (Å²) < 4.78 is 45.7. The zero-order valence-corrected chi connectivity index (χ0v) is 16.0. The van der Waals surface area contributed by atoms with Gasteiger partial charge in [-0.25, -0.2) is 13.2 Å². The second-order valence-electron chi connectivity index (χ2n) is 7.92. The molecule has 0 saturated heterocycles. The van der Waals surface area contributed by atoms with Gasteiger partial charge in [-0.15, -0.1) is 0 Å². The van der Waals surface area contributed by atoms with E-state index in [1.807, 2.05) is 0 Å². The average Bonchev–Trinajstić information content (AvgIpc) is 2.62. The Bertz CT molecular complexity index is 991. The highest BCUT2D eigenvalue weighted by Crippen LogP contribution is 2.69. The van der Waals surface area contributed by atoms with Crippen molar-refractivity contribution in [3.05, 3.63) is 64.4 Å². The number of hydrogen-bond acceptors (Lipinski definition) is 3. The van der Waals surface area contributed by atoms with Gasteiger partial charge in [-0.3, -0.25) is 9.59 Å². The lowest BCUT2D eigenvalue weighted by atomic mass is 9.38. The van der Waals surface area contributed by atoms with Crippen LogP contribution >= 0.6 is 11.6 Å². The van der Waals surface area contributed by atoms with Gasteiger partial charge in [-0.2, -0.15) is 0 Å². The number of nitrogens with one attached hydrogen (secondary N) is 1. The van der Waals surface area contributed by atoms with E-state index in [1.54, 1.807) is 0 Å². The topological polar surface area (TPSA) is 55.4 Å². The molecule has 0 unspecified atom stereocenters. The fourth-order valence-electron chi connectivity index (χ4n) is 4.52. The fraction of sp³-hybridized carbons (Fsp3) is 0.333. The Hall–Kier alpha value is -2.54. The van der Waals surface area contributed by atoms with E-state index in [2.05, 4.69) is 5.32 Å². The van der Waals surface area contributed by atoms with Gasteiger partial charge in [-0.1, -0.05) is 17.7 Å². The summed E-state index contributed by atoms with van der Waals surface area (Å²) in [7, 11) is 0. The van der Waals surface area contributed by atoms with Crippen molar-refractivity contribution in [2.45, 2.75) is 31.2 Å². The van der Waals surface area contributed by atoms with Gasteiger partial charge in [0.05, 0.1) is 10.6 Å². The predicted octanol–water partition coefficient (Wildman–Crippen LogP) is 4.45. The molecule has 1 amide bonds. The number of rotatable bonds is 7. The maximum atomic E-state index is 13.8. The average molecular weight is 424 g/mol. The summed E-state index contributed by atoms with van der Waals surface area (Å²) in [5, 5.41) is 2.85. The Morgan fingerprint density at radius 2 is 1.79 bits per heavy atom. The Balaban J connectivity index is 1.26. The van der Waals surface area contributed by atoms with Gasteiger partial charge < -0.3 is 10.1 Å². The van der Waals surface area contributed by atoms with Gasteiger partial charge in [0.15, 0.2) is 24.0 Å². The third-order valence-corrected chi connectivity index (χ3v) is 5.90. The minimum Gasteiger partial charge on any atom is -0.484 e. The lowest BCUT2D eigenvalue weighted by Crippen LogP contribution is -2.75. The maximum absolute atomic E-state index is 13.8. The van der Waals surface area contributed by atoms with E-state index in [0.717, 1.165) is 12.1 Å². The molecule has 2 bridgehead atoms. The molecule has 29 heavy (non-hydrogen) atoms. The van der Waals surface area contributed by atoms with Crippen LogP contribution in [0.1, 0.15) is 36.0 Å². The highest BCUT2D eigenvalue weighted by Gasteiger charge is 2.68. The summed E-state index contributed by atoms with van der Waals surface area (Å²) in [5.74, 6) is -3.39. The molecule has 152 valence electrons. The monoisotopic (exact) mass is 423 g/mol. The fourth-order valence-corrected chi connectivity index (χ4v) is 4.64. The van der Waals surface area contributed by atoms with Gasteiger partial charge in [0, 0.05) is 18.0 Å². The molecule has 2 aromatic rings. The van der Waals surface area contributed by atoms with E-state index >= 15 is 0 Å². The van der Waals surface area contributed by atoms with E-state index in [-0.39, 0.29) is 46.2 Å². The normalized spacial score (nSPS) is 24.3. The van der Waals surface area contributed by atoms with Gasteiger partial charge in [0.25, 0.3) is 5.91 Å². The molecule has 8 heteroatoms. The summed E-state index contributed by atoms with van der Waals surface area (Å²) in [6.45, 7) is -0.275. The molecule has 5 rings (SSSR count). The third kappa shape index (κ3) is 3.71. The van der Waals surface area contributed by atoms with E-state index < -0.39 is 23.2 Å². The van der Waals surface area contributed by atoms with E-state index in [1.165, 1.54) is 24.3 Å². The number of amides is 1. The number of benzene rings is 2. The molecule has 4 nitrogen and oxygen atoms in total. The van der Waals surface area contributed by atoms with Crippen molar-refractivity contribution in [1.29, 1.82) is 0 Å².